The highest BCUT2D eigenvalue weighted by atomic mass is 16.5. The molecular formula is C12H16N2O4. The van der Waals surface area contributed by atoms with Crippen LogP contribution in [0.4, 0.5) is 4.79 Å². The molecule has 0 aliphatic carbocycles. The van der Waals surface area contributed by atoms with Crippen molar-refractivity contribution in [2.45, 2.75) is 25.5 Å². The van der Waals surface area contributed by atoms with Gasteiger partial charge < -0.3 is 19.8 Å². The van der Waals surface area contributed by atoms with Crippen LogP contribution in [0.2, 0.25) is 0 Å². The number of amides is 1. The minimum atomic E-state index is -0.904. The van der Waals surface area contributed by atoms with E-state index in [1.807, 2.05) is 0 Å². The summed E-state index contributed by atoms with van der Waals surface area (Å²) in [6.45, 7) is 0.726. The Kier molecular flexibility index (Phi) is 3.99. The quantitative estimate of drug-likeness (QED) is 0.838. The Morgan fingerprint density at radius 2 is 2.39 bits per heavy atom. The molecular weight excluding hydrogens is 236 g/mol. The Bertz CT molecular complexity index is 424. The van der Waals surface area contributed by atoms with Crippen molar-refractivity contribution in [3.8, 4) is 5.88 Å². The summed E-state index contributed by atoms with van der Waals surface area (Å²) in [5, 5.41) is 17.9. The fourth-order valence-corrected chi connectivity index (χ4v) is 2.07. The van der Waals surface area contributed by atoms with Gasteiger partial charge in [-0.3, -0.25) is 0 Å². The lowest BCUT2D eigenvalue weighted by molar-refractivity contribution is 0.122. The summed E-state index contributed by atoms with van der Waals surface area (Å²) >= 11 is 0. The van der Waals surface area contributed by atoms with Crippen LogP contribution in [0.15, 0.2) is 18.2 Å². The molecule has 0 saturated carbocycles. The van der Waals surface area contributed by atoms with Crippen LogP contribution in [-0.4, -0.2) is 45.4 Å². The third-order valence-corrected chi connectivity index (χ3v) is 2.99. The predicted molar refractivity (Wildman–Crippen MR) is 63.4 cm³/mol. The largest absolute Gasteiger partial charge is 0.475 e. The summed E-state index contributed by atoms with van der Waals surface area (Å²) in [6, 6.07) is 5.03. The molecule has 1 aliphatic rings. The molecule has 18 heavy (non-hydrogen) atoms. The molecule has 2 heterocycles. The van der Waals surface area contributed by atoms with Crippen LogP contribution in [0.25, 0.3) is 0 Å². The molecule has 1 saturated heterocycles. The smallest absolute Gasteiger partial charge is 0.407 e. The fourth-order valence-electron chi connectivity index (χ4n) is 2.07. The van der Waals surface area contributed by atoms with E-state index in [0.29, 0.717) is 24.7 Å². The molecule has 98 valence electrons. The maximum absolute atomic E-state index is 10.9. The molecule has 1 aromatic rings. The predicted octanol–water partition coefficient (Wildman–Crippen LogP) is 1.10. The zero-order valence-corrected chi connectivity index (χ0v) is 9.95. The van der Waals surface area contributed by atoms with Crippen LogP contribution in [0.5, 0.6) is 5.88 Å². The molecule has 1 aliphatic heterocycles. The van der Waals surface area contributed by atoms with Crippen molar-refractivity contribution in [2.24, 2.45) is 0 Å². The number of rotatable bonds is 4. The first-order chi connectivity index (χ1) is 8.70. The molecule has 0 spiro atoms. The number of nitrogens with zero attached hydrogens (tertiary/aromatic N) is 2. The average Bonchev–Trinajstić information content (AvgIpc) is 2.85. The molecule has 0 bridgehead atoms. The lowest BCUT2D eigenvalue weighted by Gasteiger charge is -2.21. The van der Waals surface area contributed by atoms with Gasteiger partial charge in [0.1, 0.15) is 6.61 Å². The number of hydrogen-bond donors (Lipinski definition) is 2. The number of carbonyl (C=O) groups is 1. The number of aromatic nitrogens is 1. The van der Waals surface area contributed by atoms with Gasteiger partial charge in [0.25, 0.3) is 0 Å². The van der Waals surface area contributed by atoms with Crippen molar-refractivity contribution in [3.05, 3.63) is 23.9 Å². The van der Waals surface area contributed by atoms with Gasteiger partial charge in [0.2, 0.25) is 5.88 Å². The zero-order valence-electron chi connectivity index (χ0n) is 9.95. The first-order valence-electron chi connectivity index (χ1n) is 5.90. The summed E-state index contributed by atoms with van der Waals surface area (Å²) < 4.78 is 5.49. The molecule has 0 radical (unpaired) electrons. The molecule has 2 N–H and O–H groups in total. The molecule has 1 aromatic heterocycles. The van der Waals surface area contributed by atoms with E-state index in [2.05, 4.69) is 4.98 Å². The number of aliphatic hydroxyl groups is 1. The summed E-state index contributed by atoms with van der Waals surface area (Å²) in [7, 11) is 0. The molecule has 1 fully saturated rings. The van der Waals surface area contributed by atoms with Crippen LogP contribution in [0.3, 0.4) is 0 Å². The lowest BCUT2D eigenvalue weighted by atomic mass is 10.2. The number of pyridine rings is 1. The fraction of sp³-hybridized carbons (Fsp3) is 0.500. The highest BCUT2D eigenvalue weighted by molar-refractivity contribution is 5.65. The minimum absolute atomic E-state index is 0.109. The van der Waals surface area contributed by atoms with Gasteiger partial charge in [0, 0.05) is 12.6 Å². The van der Waals surface area contributed by atoms with E-state index in [-0.39, 0.29) is 12.6 Å². The topological polar surface area (TPSA) is 82.9 Å². The third-order valence-electron chi connectivity index (χ3n) is 2.99. The van der Waals surface area contributed by atoms with E-state index in [1.54, 1.807) is 18.2 Å². The molecule has 1 atom stereocenters. The van der Waals surface area contributed by atoms with Crippen LogP contribution < -0.4 is 4.74 Å². The standard InChI is InChI=1S/C12H16N2O4/c15-7-9-3-1-5-11(13-9)18-8-10-4-2-6-14(10)12(16)17/h1,3,5,10,15H,2,4,6-8H2,(H,16,17)/t10-/m1/s1. The lowest BCUT2D eigenvalue weighted by Crippen LogP contribution is -2.38. The highest BCUT2D eigenvalue weighted by Gasteiger charge is 2.28. The zero-order chi connectivity index (χ0) is 13.0. The van der Waals surface area contributed by atoms with E-state index in [9.17, 15) is 4.79 Å². The van der Waals surface area contributed by atoms with Gasteiger partial charge in [-0.2, -0.15) is 0 Å². The molecule has 2 rings (SSSR count). The van der Waals surface area contributed by atoms with E-state index in [4.69, 9.17) is 14.9 Å². The van der Waals surface area contributed by atoms with Crippen LogP contribution in [0.1, 0.15) is 18.5 Å². The second kappa shape index (κ2) is 5.68. The van der Waals surface area contributed by atoms with Gasteiger partial charge in [-0.15, -0.1) is 0 Å². The van der Waals surface area contributed by atoms with Crippen molar-refractivity contribution in [1.82, 2.24) is 9.88 Å². The van der Waals surface area contributed by atoms with E-state index in [1.165, 1.54) is 4.90 Å². The first-order valence-corrected chi connectivity index (χ1v) is 5.90. The maximum atomic E-state index is 10.9. The van der Waals surface area contributed by atoms with Crippen molar-refractivity contribution in [1.29, 1.82) is 0 Å². The van der Waals surface area contributed by atoms with Gasteiger partial charge in [0.05, 0.1) is 18.3 Å². The maximum Gasteiger partial charge on any atom is 0.407 e. The normalized spacial score (nSPS) is 18.9. The van der Waals surface area contributed by atoms with Gasteiger partial charge in [-0.25, -0.2) is 9.78 Å². The van der Waals surface area contributed by atoms with E-state index >= 15 is 0 Å². The second-order valence-electron chi connectivity index (χ2n) is 4.21. The van der Waals surface area contributed by atoms with Crippen molar-refractivity contribution in [2.75, 3.05) is 13.2 Å². The monoisotopic (exact) mass is 252 g/mol. The summed E-state index contributed by atoms with van der Waals surface area (Å²) in [5.74, 6) is 0.416. The van der Waals surface area contributed by atoms with Crippen molar-refractivity contribution in [3.63, 3.8) is 0 Å². The Hall–Kier alpha value is -1.82. The molecule has 6 heteroatoms. The summed E-state index contributed by atoms with van der Waals surface area (Å²) in [5.41, 5.74) is 0.536. The number of carboxylic acid groups (broad SMARTS) is 1. The van der Waals surface area contributed by atoms with Crippen LogP contribution in [0, 0.1) is 0 Å². The Morgan fingerprint density at radius 3 is 3.11 bits per heavy atom. The van der Waals surface area contributed by atoms with E-state index in [0.717, 1.165) is 12.8 Å². The number of aliphatic hydroxyl groups excluding tert-OH is 1. The van der Waals surface area contributed by atoms with E-state index < -0.39 is 6.09 Å². The number of ether oxygens (including phenoxy) is 1. The Balaban J connectivity index is 1.92. The second-order valence-corrected chi connectivity index (χ2v) is 4.21. The minimum Gasteiger partial charge on any atom is -0.475 e. The first kappa shape index (κ1) is 12.6. The SMILES string of the molecule is O=C(O)N1CCC[C@@H]1COc1cccc(CO)n1. The summed E-state index contributed by atoms with van der Waals surface area (Å²) in [6.07, 6.45) is 0.773. The van der Waals surface area contributed by atoms with Gasteiger partial charge in [-0.1, -0.05) is 6.07 Å². The van der Waals surface area contributed by atoms with Crippen molar-refractivity contribution >= 4 is 6.09 Å². The van der Waals surface area contributed by atoms with Gasteiger partial charge in [0.15, 0.2) is 0 Å². The van der Waals surface area contributed by atoms with Crippen LogP contribution in [-0.2, 0) is 6.61 Å². The third kappa shape index (κ3) is 2.89. The highest BCUT2D eigenvalue weighted by Crippen LogP contribution is 2.18. The molecule has 1 amide bonds. The molecule has 6 nitrogen and oxygen atoms in total. The Labute approximate surface area is 105 Å². The summed E-state index contributed by atoms with van der Waals surface area (Å²) in [4.78, 5) is 16.4. The average molecular weight is 252 g/mol. The van der Waals surface area contributed by atoms with Crippen molar-refractivity contribution < 1.29 is 19.7 Å². The van der Waals surface area contributed by atoms with Crippen LogP contribution >= 0.6 is 0 Å². The Morgan fingerprint density at radius 1 is 1.56 bits per heavy atom. The number of hydrogen-bond acceptors (Lipinski definition) is 4. The van der Waals surface area contributed by atoms with Gasteiger partial charge in [-0.05, 0) is 18.9 Å². The van der Waals surface area contributed by atoms with Gasteiger partial charge >= 0.3 is 6.09 Å². The molecule has 0 aromatic carbocycles. The number of likely N-dealkylation sites (tertiary alicyclic amines) is 1. The molecule has 0 unspecified atom stereocenters.